The summed E-state index contributed by atoms with van der Waals surface area (Å²) in [6, 6.07) is 13.6. The van der Waals surface area contributed by atoms with Crippen LogP contribution in [0.15, 0.2) is 48.5 Å². The molecule has 0 aliphatic heterocycles. The molecule has 2 amide bonds. The molecule has 0 saturated carbocycles. The number of hydrogen-bond acceptors (Lipinski definition) is 3. The minimum absolute atomic E-state index is 0.0208. The number of rotatable bonds is 9. The van der Waals surface area contributed by atoms with Crippen molar-refractivity contribution >= 4 is 35.0 Å². The molecule has 1 N–H and O–H groups in total. The van der Waals surface area contributed by atoms with Crippen molar-refractivity contribution in [1.82, 2.24) is 10.2 Å². The highest BCUT2D eigenvalue weighted by Crippen LogP contribution is 2.24. The summed E-state index contributed by atoms with van der Waals surface area (Å²) < 4.78 is 5.59. The van der Waals surface area contributed by atoms with E-state index in [-0.39, 0.29) is 31.0 Å². The summed E-state index contributed by atoms with van der Waals surface area (Å²) in [7, 11) is 0. The maximum Gasteiger partial charge on any atom is 0.261 e. The Kier molecular flexibility index (Phi) is 8.80. The first-order chi connectivity index (χ1) is 13.8. The minimum Gasteiger partial charge on any atom is -0.484 e. The molecular formula is C22H26Cl2N2O3. The molecule has 0 heterocycles. The van der Waals surface area contributed by atoms with Gasteiger partial charge in [0.05, 0.1) is 10.0 Å². The van der Waals surface area contributed by atoms with Gasteiger partial charge in [-0.3, -0.25) is 9.59 Å². The van der Waals surface area contributed by atoms with Gasteiger partial charge in [0.2, 0.25) is 5.91 Å². The number of amides is 2. The average Bonchev–Trinajstić information content (AvgIpc) is 2.72. The van der Waals surface area contributed by atoms with E-state index in [2.05, 4.69) is 5.32 Å². The highest BCUT2D eigenvalue weighted by Gasteiger charge is 2.27. The lowest BCUT2D eigenvalue weighted by molar-refractivity contribution is -0.142. The predicted molar refractivity (Wildman–Crippen MR) is 116 cm³/mol. The third-order valence-electron chi connectivity index (χ3n) is 4.61. The molecule has 0 aliphatic carbocycles. The van der Waals surface area contributed by atoms with Crippen LogP contribution in [0, 0.1) is 0 Å². The molecule has 7 heteroatoms. The molecule has 0 radical (unpaired) electrons. The SMILES string of the molecule is CC[C@@H](C)NC(=O)[C@H](C)N(Cc1ccc(Cl)c(Cl)c1)C(=O)COc1ccccc1. The van der Waals surface area contributed by atoms with Crippen molar-refractivity contribution in [2.75, 3.05) is 6.61 Å². The van der Waals surface area contributed by atoms with E-state index in [1.807, 2.05) is 32.0 Å². The van der Waals surface area contributed by atoms with Crippen molar-refractivity contribution in [3.63, 3.8) is 0 Å². The van der Waals surface area contributed by atoms with E-state index >= 15 is 0 Å². The van der Waals surface area contributed by atoms with Crippen LogP contribution in [-0.4, -0.2) is 35.4 Å². The smallest absolute Gasteiger partial charge is 0.261 e. The van der Waals surface area contributed by atoms with Gasteiger partial charge >= 0.3 is 0 Å². The molecular weight excluding hydrogens is 411 g/mol. The Balaban J connectivity index is 2.17. The summed E-state index contributed by atoms with van der Waals surface area (Å²) >= 11 is 12.1. The quantitative estimate of drug-likeness (QED) is 0.619. The molecule has 0 saturated heterocycles. The van der Waals surface area contributed by atoms with E-state index in [0.717, 1.165) is 12.0 Å². The number of carbonyl (C=O) groups excluding carboxylic acids is 2. The molecule has 2 aromatic carbocycles. The molecule has 0 fully saturated rings. The maximum atomic E-state index is 12.9. The third-order valence-corrected chi connectivity index (χ3v) is 5.35. The average molecular weight is 437 g/mol. The Labute approximate surface area is 181 Å². The maximum absolute atomic E-state index is 12.9. The summed E-state index contributed by atoms with van der Waals surface area (Å²) in [5.41, 5.74) is 0.774. The number of carbonyl (C=O) groups is 2. The Morgan fingerprint density at radius 3 is 2.38 bits per heavy atom. The zero-order valence-electron chi connectivity index (χ0n) is 16.8. The Morgan fingerprint density at radius 2 is 1.76 bits per heavy atom. The first kappa shape index (κ1) is 23.0. The highest BCUT2D eigenvalue weighted by atomic mass is 35.5. The van der Waals surface area contributed by atoms with Crippen molar-refractivity contribution in [2.24, 2.45) is 0 Å². The lowest BCUT2D eigenvalue weighted by atomic mass is 10.1. The van der Waals surface area contributed by atoms with Crippen LogP contribution >= 0.6 is 23.2 Å². The molecule has 0 aliphatic rings. The van der Waals surface area contributed by atoms with E-state index in [1.54, 1.807) is 37.3 Å². The molecule has 0 bridgehead atoms. The molecule has 29 heavy (non-hydrogen) atoms. The molecule has 2 atom stereocenters. The summed E-state index contributed by atoms with van der Waals surface area (Å²) in [6.07, 6.45) is 0.802. The molecule has 156 valence electrons. The van der Waals surface area contributed by atoms with Crippen LogP contribution in [0.3, 0.4) is 0 Å². The molecule has 0 unspecified atom stereocenters. The Bertz CT molecular complexity index is 830. The van der Waals surface area contributed by atoms with Gasteiger partial charge in [0.25, 0.3) is 5.91 Å². The van der Waals surface area contributed by atoms with Gasteiger partial charge in [-0.05, 0) is 50.1 Å². The Morgan fingerprint density at radius 1 is 1.07 bits per heavy atom. The molecule has 5 nitrogen and oxygen atoms in total. The number of benzene rings is 2. The largest absolute Gasteiger partial charge is 0.484 e. The fourth-order valence-electron chi connectivity index (χ4n) is 2.63. The van der Waals surface area contributed by atoms with Gasteiger partial charge in [-0.2, -0.15) is 0 Å². The van der Waals surface area contributed by atoms with E-state index in [4.69, 9.17) is 27.9 Å². The lowest BCUT2D eigenvalue weighted by Gasteiger charge is -2.29. The molecule has 0 spiro atoms. The summed E-state index contributed by atoms with van der Waals surface area (Å²) in [4.78, 5) is 27.1. The van der Waals surface area contributed by atoms with Crippen molar-refractivity contribution < 1.29 is 14.3 Å². The van der Waals surface area contributed by atoms with Gasteiger partial charge in [0.15, 0.2) is 6.61 Å². The van der Waals surface area contributed by atoms with Gasteiger partial charge in [-0.15, -0.1) is 0 Å². The van der Waals surface area contributed by atoms with Crippen LogP contribution < -0.4 is 10.1 Å². The van der Waals surface area contributed by atoms with Gasteiger partial charge < -0.3 is 15.0 Å². The number of nitrogens with zero attached hydrogens (tertiary/aromatic N) is 1. The number of ether oxygens (including phenoxy) is 1. The van der Waals surface area contributed by atoms with E-state index in [9.17, 15) is 9.59 Å². The van der Waals surface area contributed by atoms with Crippen LogP contribution in [0.25, 0.3) is 0 Å². The van der Waals surface area contributed by atoms with Gasteiger partial charge in [-0.1, -0.05) is 54.4 Å². The zero-order valence-corrected chi connectivity index (χ0v) is 18.3. The number of halogens is 2. The van der Waals surface area contributed by atoms with Gasteiger partial charge in [0.1, 0.15) is 11.8 Å². The number of hydrogen-bond donors (Lipinski definition) is 1. The van der Waals surface area contributed by atoms with Crippen LogP contribution in [-0.2, 0) is 16.1 Å². The minimum atomic E-state index is -0.676. The molecule has 2 aromatic rings. The summed E-state index contributed by atoms with van der Waals surface area (Å²) in [6.45, 7) is 5.65. The van der Waals surface area contributed by atoms with Crippen LogP contribution in [0.1, 0.15) is 32.8 Å². The second-order valence-electron chi connectivity index (χ2n) is 6.87. The summed E-state index contributed by atoms with van der Waals surface area (Å²) in [5, 5.41) is 3.75. The highest BCUT2D eigenvalue weighted by molar-refractivity contribution is 6.42. The van der Waals surface area contributed by atoms with E-state index in [0.29, 0.717) is 15.8 Å². The van der Waals surface area contributed by atoms with Crippen LogP contribution in [0.2, 0.25) is 10.0 Å². The zero-order chi connectivity index (χ0) is 21.4. The van der Waals surface area contributed by atoms with Crippen LogP contribution in [0.5, 0.6) is 5.75 Å². The standard InChI is InChI=1S/C22H26Cl2N2O3/c1-4-15(2)25-22(28)16(3)26(13-17-10-11-19(23)20(24)12-17)21(27)14-29-18-8-6-5-7-9-18/h5-12,15-16H,4,13-14H2,1-3H3,(H,25,28)/t15-,16+/m1/s1. The van der Waals surface area contributed by atoms with Crippen LogP contribution in [0.4, 0.5) is 0 Å². The predicted octanol–water partition coefficient (Wildman–Crippen LogP) is 4.70. The fraction of sp³-hybridized carbons (Fsp3) is 0.364. The summed E-state index contributed by atoms with van der Waals surface area (Å²) in [5.74, 6) is 0.0752. The van der Waals surface area contributed by atoms with E-state index in [1.165, 1.54) is 4.90 Å². The normalized spacial score (nSPS) is 12.7. The second-order valence-corrected chi connectivity index (χ2v) is 7.68. The third kappa shape index (κ3) is 6.94. The van der Waals surface area contributed by atoms with E-state index < -0.39 is 6.04 Å². The first-order valence-electron chi connectivity index (χ1n) is 9.53. The Hall–Kier alpha value is -2.24. The number of nitrogens with one attached hydrogen (secondary N) is 1. The van der Waals surface area contributed by atoms with Crippen molar-refractivity contribution in [3.05, 3.63) is 64.1 Å². The van der Waals surface area contributed by atoms with Gasteiger partial charge in [0, 0.05) is 12.6 Å². The topological polar surface area (TPSA) is 58.6 Å². The fourth-order valence-corrected chi connectivity index (χ4v) is 2.95. The molecule has 2 rings (SSSR count). The van der Waals surface area contributed by atoms with Crippen molar-refractivity contribution in [3.8, 4) is 5.75 Å². The monoisotopic (exact) mass is 436 g/mol. The molecule has 0 aromatic heterocycles. The van der Waals surface area contributed by atoms with Gasteiger partial charge in [-0.25, -0.2) is 0 Å². The first-order valence-corrected chi connectivity index (χ1v) is 10.3. The lowest BCUT2D eigenvalue weighted by Crippen LogP contribution is -2.50. The van der Waals surface area contributed by atoms with Crippen molar-refractivity contribution in [1.29, 1.82) is 0 Å². The second kappa shape index (κ2) is 11.1. The number of para-hydroxylation sites is 1. The van der Waals surface area contributed by atoms with Crippen molar-refractivity contribution in [2.45, 2.75) is 45.8 Å².